The number of ether oxygens (including phenoxy) is 2. The van der Waals surface area contributed by atoms with Gasteiger partial charge in [-0.1, -0.05) is 0 Å². The SMILES string of the molecule is COc1ccc(C(=O)N(CCCN2CCOCC2)CC(=O)Nc2nc(C)c(C)s2)cc1. The van der Waals surface area contributed by atoms with Crippen molar-refractivity contribution in [3.63, 3.8) is 0 Å². The number of nitrogens with one attached hydrogen (secondary N) is 1. The van der Waals surface area contributed by atoms with Gasteiger partial charge < -0.3 is 19.7 Å². The van der Waals surface area contributed by atoms with Crippen molar-refractivity contribution in [2.24, 2.45) is 0 Å². The quantitative estimate of drug-likeness (QED) is 0.637. The summed E-state index contributed by atoms with van der Waals surface area (Å²) in [5.41, 5.74) is 1.43. The number of carbonyl (C=O) groups is 2. The number of methoxy groups -OCH3 is 1. The van der Waals surface area contributed by atoms with Gasteiger partial charge in [-0.05, 0) is 44.5 Å². The maximum absolute atomic E-state index is 13.1. The van der Waals surface area contributed by atoms with Gasteiger partial charge in [0.15, 0.2) is 5.13 Å². The molecule has 0 atom stereocenters. The lowest BCUT2D eigenvalue weighted by molar-refractivity contribution is -0.116. The number of nitrogens with zero attached hydrogens (tertiary/aromatic N) is 3. The van der Waals surface area contributed by atoms with Crippen LogP contribution in [0.4, 0.5) is 5.13 Å². The third kappa shape index (κ3) is 6.75. The second kappa shape index (κ2) is 11.2. The van der Waals surface area contributed by atoms with Gasteiger partial charge in [-0.2, -0.15) is 0 Å². The molecule has 2 heterocycles. The molecule has 1 aliphatic rings. The Balaban J connectivity index is 1.64. The minimum atomic E-state index is -0.248. The van der Waals surface area contributed by atoms with Crippen LogP contribution < -0.4 is 10.1 Å². The zero-order chi connectivity index (χ0) is 22.2. The van der Waals surface area contributed by atoms with Crippen molar-refractivity contribution in [1.29, 1.82) is 0 Å². The number of carbonyl (C=O) groups excluding carboxylic acids is 2. The zero-order valence-electron chi connectivity index (χ0n) is 18.3. The summed E-state index contributed by atoms with van der Waals surface area (Å²) in [5.74, 6) is 0.260. The zero-order valence-corrected chi connectivity index (χ0v) is 19.2. The molecule has 8 nitrogen and oxygen atoms in total. The average Bonchev–Trinajstić information content (AvgIpc) is 3.09. The van der Waals surface area contributed by atoms with Gasteiger partial charge >= 0.3 is 0 Å². The predicted octanol–water partition coefficient (Wildman–Crippen LogP) is 2.57. The molecule has 1 fully saturated rings. The molecule has 0 unspecified atom stereocenters. The molecule has 31 heavy (non-hydrogen) atoms. The van der Waals surface area contributed by atoms with Crippen LogP contribution in [-0.2, 0) is 9.53 Å². The van der Waals surface area contributed by atoms with Gasteiger partial charge in [0.2, 0.25) is 5.91 Å². The largest absolute Gasteiger partial charge is 0.497 e. The van der Waals surface area contributed by atoms with Gasteiger partial charge in [0, 0.05) is 36.6 Å². The first-order valence-electron chi connectivity index (χ1n) is 10.4. The molecular formula is C22H30N4O4S. The Morgan fingerprint density at radius 2 is 1.94 bits per heavy atom. The van der Waals surface area contributed by atoms with E-state index < -0.39 is 0 Å². The topological polar surface area (TPSA) is 84.0 Å². The lowest BCUT2D eigenvalue weighted by atomic mass is 10.2. The molecule has 0 spiro atoms. The van der Waals surface area contributed by atoms with E-state index in [4.69, 9.17) is 9.47 Å². The van der Waals surface area contributed by atoms with E-state index in [1.807, 2.05) is 13.8 Å². The number of hydrogen-bond acceptors (Lipinski definition) is 7. The van der Waals surface area contributed by atoms with Crippen molar-refractivity contribution in [2.45, 2.75) is 20.3 Å². The van der Waals surface area contributed by atoms with Crippen molar-refractivity contribution in [3.8, 4) is 5.75 Å². The molecule has 0 aliphatic carbocycles. The van der Waals surface area contributed by atoms with E-state index in [0.29, 0.717) is 23.0 Å². The van der Waals surface area contributed by atoms with Crippen LogP contribution in [0, 0.1) is 13.8 Å². The van der Waals surface area contributed by atoms with Crippen LogP contribution in [0.5, 0.6) is 5.75 Å². The predicted molar refractivity (Wildman–Crippen MR) is 121 cm³/mol. The highest BCUT2D eigenvalue weighted by Crippen LogP contribution is 2.21. The molecule has 168 valence electrons. The Bertz CT molecular complexity index is 859. The number of anilines is 1. The Morgan fingerprint density at radius 1 is 1.23 bits per heavy atom. The molecule has 3 rings (SSSR count). The van der Waals surface area contributed by atoms with E-state index in [9.17, 15) is 9.59 Å². The highest BCUT2D eigenvalue weighted by atomic mass is 32.1. The van der Waals surface area contributed by atoms with E-state index >= 15 is 0 Å². The molecule has 1 aromatic heterocycles. The first kappa shape index (κ1) is 23.2. The van der Waals surface area contributed by atoms with Crippen LogP contribution in [0.1, 0.15) is 27.3 Å². The van der Waals surface area contributed by atoms with E-state index in [-0.39, 0.29) is 18.4 Å². The minimum absolute atomic E-state index is 0.0222. The second-order valence-electron chi connectivity index (χ2n) is 7.47. The molecule has 0 saturated carbocycles. The van der Waals surface area contributed by atoms with Crippen LogP contribution in [0.25, 0.3) is 0 Å². The maximum Gasteiger partial charge on any atom is 0.254 e. The van der Waals surface area contributed by atoms with Crippen molar-refractivity contribution in [3.05, 3.63) is 40.4 Å². The van der Waals surface area contributed by atoms with Crippen LogP contribution in [0.2, 0.25) is 0 Å². The molecule has 1 aliphatic heterocycles. The Labute approximate surface area is 187 Å². The summed E-state index contributed by atoms with van der Waals surface area (Å²) in [6, 6.07) is 6.95. The van der Waals surface area contributed by atoms with Crippen molar-refractivity contribution < 1.29 is 19.1 Å². The number of benzene rings is 1. The van der Waals surface area contributed by atoms with Crippen molar-refractivity contribution >= 4 is 28.3 Å². The van der Waals surface area contributed by atoms with Gasteiger partial charge in [0.1, 0.15) is 12.3 Å². The number of hydrogen-bond donors (Lipinski definition) is 1. The van der Waals surface area contributed by atoms with E-state index in [1.165, 1.54) is 11.3 Å². The molecule has 1 aromatic carbocycles. The number of rotatable bonds is 9. The summed E-state index contributed by atoms with van der Waals surface area (Å²) >= 11 is 1.44. The third-order valence-electron chi connectivity index (χ3n) is 5.24. The monoisotopic (exact) mass is 446 g/mol. The van der Waals surface area contributed by atoms with E-state index in [1.54, 1.807) is 36.3 Å². The van der Waals surface area contributed by atoms with Crippen LogP contribution in [0.15, 0.2) is 24.3 Å². The van der Waals surface area contributed by atoms with Gasteiger partial charge in [-0.3, -0.25) is 14.5 Å². The lowest BCUT2D eigenvalue weighted by Gasteiger charge is -2.28. The Hall–Kier alpha value is -2.49. The summed E-state index contributed by atoms with van der Waals surface area (Å²) in [7, 11) is 1.58. The minimum Gasteiger partial charge on any atom is -0.497 e. The number of amides is 2. The first-order valence-corrected chi connectivity index (χ1v) is 11.2. The molecule has 0 bridgehead atoms. The molecule has 9 heteroatoms. The summed E-state index contributed by atoms with van der Waals surface area (Å²) < 4.78 is 10.6. The van der Waals surface area contributed by atoms with Gasteiger partial charge in [-0.15, -0.1) is 11.3 Å². The summed E-state index contributed by atoms with van der Waals surface area (Å²) in [4.78, 5) is 35.1. The summed E-state index contributed by atoms with van der Waals surface area (Å²) in [6.07, 6.45) is 0.782. The van der Waals surface area contributed by atoms with Gasteiger partial charge in [-0.25, -0.2) is 4.98 Å². The molecule has 2 aromatic rings. The normalized spacial score (nSPS) is 14.3. The molecule has 0 radical (unpaired) electrons. The number of aryl methyl sites for hydroxylation is 2. The fraction of sp³-hybridized carbons (Fsp3) is 0.500. The first-order chi connectivity index (χ1) is 15.0. The fourth-order valence-electron chi connectivity index (χ4n) is 3.34. The maximum atomic E-state index is 13.1. The van der Waals surface area contributed by atoms with E-state index in [0.717, 1.165) is 49.8 Å². The average molecular weight is 447 g/mol. The smallest absolute Gasteiger partial charge is 0.254 e. The summed E-state index contributed by atoms with van der Waals surface area (Å²) in [5, 5.41) is 3.39. The molecule has 1 saturated heterocycles. The highest BCUT2D eigenvalue weighted by Gasteiger charge is 2.20. The van der Waals surface area contributed by atoms with Gasteiger partial charge in [0.05, 0.1) is 26.0 Å². The highest BCUT2D eigenvalue weighted by molar-refractivity contribution is 7.15. The second-order valence-corrected chi connectivity index (χ2v) is 8.67. The Morgan fingerprint density at radius 3 is 2.55 bits per heavy atom. The van der Waals surface area contributed by atoms with Crippen LogP contribution >= 0.6 is 11.3 Å². The van der Waals surface area contributed by atoms with Crippen molar-refractivity contribution in [1.82, 2.24) is 14.8 Å². The molecule has 1 N–H and O–H groups in total. The summed E-state index contributed by atoms with van der Waals surface area (Å²) in [6.45, 7) is 8.48. The molecule has 2 amide bonds. The Kier molecular flexibility index (Phi) is 8.39. The lowest BCUT2D eigenvalue weighted by Crippen LogP contribution is -2.41. The van der Waals surface area contributed by atoms with Crippen LogP contribution in [-0.4, -0.2) is 79.6 Å². The number of aromatic nitrogens is 1. The fourth-order valence-corrected chi connectivity index (χ4v) is 4.17. The van der Waals surface area contributed by atoms with Crippen LogP contribution in [0.3, 0.4) is 0 Å². The number of thiazole rings is 1. The standard InChI is InChI=1S/C22H30N4O4S/c1-16-17(2)31-22(23-16)24-20(27)15-26(10-4-9-25-11-13-30-14-12-25)21(28)18-5-7-19(29-3)8-6-18/h5-8H,4,9-15H2,1-3H3,(H,23,24,27). The third-order valence-corrected chi connectivity index (χ3v) is 6.23. The van der Waals surface area contributed by atoms with Crippen molar-refractivity contribution in [2.75, 3.05) is 58.4 Å². The molecular weight excluding hydrogens is 416 g/mol. The van der Waals surface area contributed by atoms with E-state index in [2.05, 4.69) is 15.2 Å². The number of morpholine rings is 1. The van der Waals surface area contributed by atoms with Gasteiger partial charge in [0.25, 0.3) is 5.91 Å².